The molecule has 1 atom stereocenters. The minimum absolute atomic E-state index is 0.0619. The second-order valence-electron chi connectivity index (χ2n) is 9.79. The number of hydrogen-bond acceptors (Lipinski definition) is 5. The molecule has 1 saturated heterocycles. The van der Waals surface area contributed by atoms with Crippen LogP contribution in [0.3, 0.4) is 0 Å². The maximum Gasteiger partial charge on any atom is 0.303 e. The molecule has 1 aliphatic carbocycles. The van der Waals surface area contributed by atoms with Gasteiger partial charge in [0, 0.05) is 36.8 Å². The molecule has 1 aliphatic heterocycles. The summed E-state index contributed by atoms with van der Waals surface area (Å²) in [7, 11) is 0. The van der Waals surface area contributed by atoms with Crippen molar-refractivity contribution < 1.29 is 19.1 Å². The average Bonchev–Trinajstić information content (AvgIpc) is 3.67. The number of halogens is 1. The third kappa shape index (κ3) is 5.11. The molecule has 5 rings (SSSR count). The van der Waals surface area contributed by atoms with Crippen LogP contribution >= 0.6 is 0 Å². The van der Waals surface area contributed by atoms with Gasteiger partial charge in [-0.1, -0.05) is 12.1 Å². The molecule has 8 nitrogen and oxygen atoms in total. The number of carbonyl (C=O) groups excluding carboxylic acids is 1. The molecular weight excluding hydrogens is 473 g/mol. The number of hydrogen-bond donors (Lipinski definition) is 2. The zero-order valence-corrected chi connectivity index (χ0v) is 20.4. The Kier molecular flexibility index (Phi) is 6.76. The Morgan fingerprint density at radius 2 is 1.92 bits per heavy atom. The molecular formula is C28H28FN5O3. The van der Waals surface area contributed by atoms with Gasteiger partial charge in [0.2, 0.25) is 0 Å². The first-order valence-corrected chi connectivity index (χ1v) is 12.5. The second-order valence-corrected chi connectivity index (χ2v) is 9.79. The number of likely N-dealkylation sites (tertiary alicyclic amines) is 1. The van der Waals surface area contributed by atoms with Crippen molar-refractivity contribution in [3.05, 3.63) is 70.8 Å². The summed E-state index contributed by atoms with van der Waals surface area (Å²) < 4.78 is 16.4. The van der Waals surface area contributed by atoms with Crippen molar-refractivity contribution >= 4 is 11.9 Å². The van der Waals surface area contributed by atoms with E-state index in [1.807, 2.05) is 30.3 Å². The Morgan fingerprint density at radius 3 is 2.54 bits per heavy atom. The lowest BCUT2D eigenvalue weighted by molar-refractivity contribution is -0.137. The number of amides is 1. The smallest absolute Gasteiger partial charge is 0.303 e. The second kappa shape index (κ2) is 10.1. The predicted molar refractivity (Wildman–Crippen MR) is 135 cm³/mol. The standard InChI is InChI=1S/C28H28FN5O3/c29-23-14-19(5-6-20(23)15-30)27-32-26(28(37)33-13-1-2-21(31)16-33)24(11-12-25(35)36)34(27)22-9-7-18(8-10-22)17-3-4-17/h5-10,14,17,21H,1-4,11-13,16,31H2,(H,35,36)/t21-/m1/s1. The van der Waals surface area contributed by atoms with Gasteiger partial charge in [0.1, 0.15) is 17.7 Å². The molecule has 1 amide bonds. The van der Waals surface area contributed by atoms with Gasteiger partial charge >= 0.3 is 5.97 Å². The van der Waals surface area contributed by atoms with E-state index in [9.17, 15) is 24.3 Å². The van der Waals surface area contributed by atoms with Crippen LogP contribution in [0.1, 0.15) is 65.3 Å². The van der Waals surface area contributed by atoms with Gasteiger partial charge in [-0.05, 0) is 67.5 Å². The number of rotatable bonds is 7. The van der Waals surface area contributed by atoms with Crippen LogP contribution in [0.25, 0.3) is 17.1 Å². The number of carboxylic acid groups (broad SMARTS) is 1. The normalized spacial score (nSPS) is 17.4. The fraction of sp³-hybridized carbons (Fsp3) is 0.357. The van der Waals surface area contributed by atoms with Crippen molar-refractivity contribution in [1.29, 1.82) is 5.26 Å². The predicted octanol–water partition coefficient (Wildman–Crippen LogP) is 4.01. The van der Waals surface area contributed by atoms with Gasteiger partial charge in [-0.2, -0.15) is 5.26 Å². The highest BCUT2D eigenvalue weighted by molar-refractivity contribution is 5.95. The third-order valence-corrected chi connectivity index (χ3v) is 7.04. The SMILES string of the molecule is N#Cc1ccc(-c2nc(C(=O)N3CCC[C@@H](N)C3)c(CCC(=O)O)n2-c2ccc(C3CC3)cc2)cc1F. The molecule has 0 spiro atoms. The highest BCUT2D eigenvalue weighted by Gasteiger charge is 2.30. The van der Waals surface area contributed by atoms with Crippen molar-refractivity contribution in [2.45, 2.75) is 50.5 Å². The van der Waals surface area contributed by atoms with Crippen LogP contribution in [-0.2, 0) is 11.2 Å². The summed E-state index contributed by atoms with van der Waals surface area (Å²) in [6.45, 7) is 0.926. The third-order valence-electron chi connectivity index (χ3n) is 7.04. The van der Waals surface area contributed by atoms with E-state index in [4.69, 9.17) is 5.73 Å². The minimum Gasteiger partial charge on any atom is -0.481 e. The number of carbonyl (C=O) groups is 2. The quantitative estimate of drug-likeness (QED) is 0.504. The van der Waals surface area contributed by atoms with E-state index in [1.54, 1.807) is 15.5 Å². The van der Waals surface area contributed by atoms with Gasteiger partial charge in [-0.25, -0.2) is 9.37 Å². The summed E-state index contributed by atoms with van der Waals surface area (Å²) in [6.07, 6.45) is 3.77. The van der Waals surface area contributed by atoms with E-state index in [0.29, 0.717) is 41.8 Å². The fourth-order valence-corrected chi connectivity index (χ4v) is 4.95. The van der Waals surface area contributed by atoms with Gasteiger partial charge in [0.05, 0.1) is 17.7 Å². The maximum atomic E-state index is 14.6. The molecule has 1 saturated carbocycles. The number of carboxylic acids is 1. The largest absolute Gasteiger partial charge is 0.481 e. The van der Waals surface area contributed by atoms with E-state index in [-0.39, 0.29) is 36.0 Å². The molecule has 2 fully saturated rings. The minimum atomic E-state index is -0.999. The highest BCUT2D eigenvalue weighted by atomic mass is 19.1. The number of nitrogens with two attached hydrogens (primary N) is 1. The van der Waals surface area contributed by atoms with Crippen molar-refractivity contribution in [2.24, 2.45) is 5.73 Å². The van der Waals surface area contributed by atoms with Gasteiger partial charge in [0.15, 0.2) is 5.69 Å². The Labute approximate surface area is 214 Å². The molecule has 3 aromatic rings. The molecule has 2 aromatic carbocycles. The van der Waals surface area contributed by atoms with Crippen LogP contribution in [0.5, 0.6) is 0 Å². The van der Waals surface area contributed by atoms with E-state index in [0.717, 1.165) is 25.7 Å². The Bertz CT molecular complexity index is 1390. The molecule has 3 N–H and O–H groups in total. The van der Waals surface area contributed by atoms with Crippen LogP contribution in [0.15, 0.2) is 42.5 Å². The Morgan fingerprint density at radius 1 is 1.16 bits per heavy atom. The summed E-state index contributed by atoms with van der Waals surface area (Å²) in [5.74, 6) is -1.15. The molecule has 9 heteroatoms. The molecule has 0 unspecified atom stereocenters. The summed E-state index contributed by atoms with van der Waals surface area (Å²) in [5.41, 5.74) is 8.92. The van der Waals surface area contributed by atoms with Crippen LogP contribution in [0.4, 0.5) is 4.39 Å². The zero-order valence-electron chi connectivity index (χ0n) is 20.4. The molecule has 0 radical (unpaired) electrons. The molecule has 37 heavy (non-hydrogen) atoms. The lowest BCUT2D eigenvalue weighted by Crippen LogP contribution is -2.46. The van der Waals surface area contributed by atoms with Gasteiger partial charge in [-0.15, -0.1) is 0 Å². The highest BCUT2D eigenvalue weighted by Crippen LogP contribution is 2.40. The van der Waals surface area contributed by atoms with Gasteiger partial charge < -0.3 is 15.7 Å². The number of aromatic nitrogens is 2. The summed E-state index contributed by atoms with van der Waals surface area (Å²) in [5, 5.41) is 18.6. The number of nitriles is 1. The number of aliphatic carboxylic acids is 1. The van der Waals surface area contributed by atoms with Crippen LogP contribution < -0.4 is 5.73 Å². The van der Waals surface area contributed by atoms with Crippen molar-refractivity contribution in [1.82, 2.24) is 14.5 Å². The zero-order chi connectivity index (χ0) is 26.1. The lowest BCUT2D eigenvalue weighted by atomic mass is 10.1. The number of benzene rings is 2. The first-order valence-electron chi connectivity index (χ1n) is 12.5. The fourth-order valence-electron chi connectivity index (χ4n) is 4.95. The van der Waals surface area contributed by atoms with E-state index in [2.05, 4.69) is 4.98 Å². The van der Waals surface area contributed by atoms with Crippen molar-refractivity contribution in [3.8, 4) is 23.1 Å². The number of nitrogens with zero attached hydrogens (tertiary/aromatic N) is 4. The lowest BCUT2D eigenvalue weighted by Gasteiger charge is -2.30. The van der Waals surface area contributed by atoms with Crippen molar-refractivity contribution in [2.75, 3.05) is 13.1 Å². The number of imidazole rings is 1. The van der Waals surface area contributed by atoms with Gasteiger partial charge in [0.25, 0.3) is 5.91 Å². The van der Waals surface area contributed by atoms with E-state index in [1.165, 1.54) is 17.7 Å². The summed E-state index contributed by atoms with van der Waals surface area (Å²) >= 11 is 0. The first-order chi connectivity index (χ1) is 17.9. The van der Waals surface area contributed by atoms with Crippen LogP contribution in [0.2, 0.25) is 0 Å². The first kappa shape index (κ1) is 24.7. The molecule has 1 aromatic heterocycles. The monoisotopic (exact) mass is 501 g/mol. The van der Waals surface area contributed by atoms with Gasteiger partial charge in [-0.3, -0.25) is 14.2 Å². The average molecular weight is 502 g/mol. The van der Waals surface area contributed by atoms with Crippen LogP contribution in [-0.4, -0.2) is 50.6 Å². The number of piperidine rings is 1. The molecule has 2 aliphatic rings. The van der Waals surface area contributed by atoms with Crippen molar-refractivity contribution in [3.63, 3.8) is 0 Å². The molecule has 0 bridgehead atoms. The van der Waals surface area contributed by atoms with E-state index < -0.39 is 11.8 Å². The summed E-state index contributed by atoms with van der Waals surface area (Å²) in [6, 6.07) is 13.8. The molecule has 190 valence electrons. The summed E-state index contributed by atoms with van der Waals surface area (Å²) in [4.78, 5) is 31.6. The topological polar surface area (TPSA) is 125 Å². The Balaban J connectivity index is 1.68. The molecule has 2 heterocycles. The Hall–Kier alpha value is -4.03. The maximum absolute atomic E-state index is 14.6. The van der Waals surface area contributed by atoms with Crippen LogP contribution in [0, 0.1) is 17.1 Å². The van der Waals surface area contributed by atoms with E-state index >= 15 is 0 Å².